The second kappa shape index (κ2) is 7.79. The minimum Gasteiger partial charge on any atom is -0.376 e. The summed E-state index contributed by atoms with van der Waals surface area (Å²) in [5.41, 5.74) is 0.487. The van der Waals surface area contributed by atoms with Crippen molar-refractivity contribution in [1.29, 1.82) is 5.26 Å². The number of benzene rings is 2. The molecule has 1 aliphatic rings. The van der Waals surface area contributed by atoms with Gasteiger partial charge in [0.25, 0.3) is 0 Å². The third-order valence-corrected chi connectivity index (χ3v) is 4.52. The van der Waals surface area contributed by atoms with Crippen LogP contribution in [0.25, 0.3) is 0 Å². The lowest BCUT2D eigenvalue weighted by molar-refractivity contribution is -0.137. The number of nitriles is 1. The standard InChI is InChI=1S/C20H19F3N2O/c21-20(22,23)18-10-16(11-24)6-7-19(18)25-9-8-17(12-25)14-26-13-15-4-2-1-3-5-15/h1-7,10,17H,8-9,12-14H2/t17-/m1/s1. The number of halogens is 3. The first-order valence-corrected chi connectivity index (χ1v) is 8.45. The quantitative estimate of drug-likeness (QED) is 0.781. The molecule has 0 radical (unpaired) electrons. The highest BCUT2D eigenvalue weighted by Gasteiger charge is 2.36. The molecule has 0 unspecified atom stereocenters. The monoisotopic (exact) mass is 360 g/mol. The lowest BCUT2D eigenvalue weighted by Gasteiger charge is -2.23. The number of ether oxygens (including phenoxy) is 1. The molecule has 1 atom stereocenters. The third-order valence-electron chi connectivity index (χ3n) is 4.52. The van der Waals surface area contributed by atoms with E-state index >= 15 is 0 Å². The van der Waals surface area contributed by atoms with Crippen LogP contribution in [0.5, 0.6) is 0 Å². The minimum atomic E-state index is -4.48. The predicted molar refractivity (Wildman–Crippen MR) is 92.6 cm³/mol. The highest BCUT2D eigenvalue weighted by molar-refractivity contribution is 5.58. The van der Waals surface area contributed by atoms with Gasteiger partial charge in [0.05, 0.1) is 30.4 Å². The second-order valence-corrected chi connectivity index (χ2v) is 6.44. The number of anilines is 1. The smallest absolute Gasteiger partial charge is 0.376 e. The Bertz CT molecular complexity index is 784. The topological polar surface area (TPSA) is 36.3 Å². The van der Waals surface area contributed by atoms with Crippen molar-refractivity contribution in [2.45, 2.75) is 19.2 Å². The molecule has 136 valence electrons. The van der Waals surface area contributed by atoms with Gasteiger partial charge in [-0.05, 0) is 30.2 Å². The molecular formula is C20H19F3N2O. The van der Waals surface area contributed by atoms with Crippen LogP contribution >= 0.6 is 0 Å². The maximum atomic E-state index is 13.3. The Labute approximate surface area is 150 Å². The highest BCUT2D eigenvalue weighted by Crippen LogP contribution is 2.38. The Balaban J connectivity index is 1.63. The lowest BCUT2D eigenvalue weighted by atomic mass is 10.1. The van der Waals surface area contributed by atoms with Crippen LogP contribution in [0.1, 0.15) is 23.1 Å². The molecule has 0 bridgehead atoms. The molecule has 3 nitrogen and oxygen atoms in total. The fraction of sp³-hybridized carbons (Fsp3) is 0.350. The summed E-state index contributed by atoms with van der Waals surface area (Å²) in [4.78, 5) is 1.74. The molecule has 0 aromatic heterocycles. The molecule has 26 heavy (non-hydrogen) atoms. The van der Waals surface area contributed by atoms with Crippen molar-refractivity contribution in [1.82, 2.24) is 0 Å². The molecule has 0 N–H and O–H groups in total. The Morgan fingerprint density at radius 2 is 1.92 bits per heavy atom. The Morgan fingerprint density at radius 1 is 1.15 bits per heavy atom. The van der Waals surface area contributed by atoms with E-state index in [1.807, 2.05) is 30.3 Å². The molecule has 1 fully saturated rings. The zero-order valence-corrected chi connectivity index (χ0v) is 14.2. The van der Waals surface area contributed by atoms with Crippen LogP contribution in [-0.2, 0) is 17.5 Å². The number of hydrogen-bond acceptors (Lipinski definition) is 3. The van der Waals surface area contributed by atoms with Crippen molar-refractivity contribution in [2.24, 2.45) is 5.92 Å². The first-order chi connectivity index (χ1) is 12.5. The molecule has 0 aliphatic carbocycles. The third kappa shape index (κ3) is 4.36. The van der Waals surface area contributed by atoms with Crippen LogP contribution in [0, 0.1) is 17.2 Å². The first kappa shape index (κ1) is 18.3. The van der Waals surface area contributed by atoms with E-state index in [-0.39, 0.29) is 17.2 Å². The van der Waals surface area contributed by atoms with Crippen LogP contribution in [0.15, 0.2) is 48.5 Å². The van der Waals surface area contributed by atoms with Gasteiger partial charge in [0.1, 0.15) is 0 Å². The van der Waals surface area contributed by atoms with Gasteiger partial charge >= 0.3 is 6.18 Å². The molecule has 1 saturated heterocycles. The Hall–Kier alpha value is -2.52. The summed E-state index contributed by atoms with van der Waals surface area (Å²) in [6.45, 7) is 2.09. The van der Waals surface area contributed by atoms with Crippen molar-refractivity contribution >= 4 is 5.69 Å². The Kier molecular flexibility index (Phi) is 5.48. The summed E-state index contributed by atoms with van der Waals surface area (Å²) in [7, 11) is 0. The van der Waals surface area contributed by atoms with Crippen LogP contribution < -0.4 is 4.90 Å². The van der Waals surface area contributed by atoms with Gasteiger partial charge in [-0.1, -0.05) is 30.3 Å². The maximum absolute atomic E-state index is 13.3. The first-order valence-electron chi connectivity index (χ1n) is 8.45. The van der Waals surface area contributed by atoms with Gasteiger partial charge in [-0.3, -0.25) is 0 Å². The molecule has 3 rings (SSSR count). The summed E-state index contributed by atoms with van der Waals surface area (Å²) in [6, 6.07) is 15.3. The van der Waals surface area contributed by atoms with Gasteiger partial charge in [-0.2, -0.15) is 18.4 Å². The zero-order valence-electron chi connectivity index (χ0n) is 14.2. The van der Waals surface area contributed by atoms with E-state index in [1.54, 1.807) is 11.0 Å². The van der Waals surface area contributed by atoms with E-state index in [2.05, 4.69) is 0 Å². The zero-order chi connectivity index (χ0) is 18.6. The van der Waals surface area contributed by atoms with E-state index < -0.39 is 11.7 Å². The number of hydrogen-bond donors (Lipinski definition) is 0. The van der Waals surface area contributed by atoms with Crippen LogP contribution in [0.2, 0.25) is 0 Å². The molecule has 1 heterocycles. The van der Waals surface area contributed by atoms with Crippen molar-refractivity contribution in [3.05, 3.63) is 65.2 Å². The average molecular weight is 360 g/mol. The van der Waals surface area contributed by atoms with E-state index in [9.17, 15) is 13.2 Å². The molecule has 0 amide bonds. The lowest BCUT2D eigenvalue weighted by Crippen LogP contribution is -2.24. The van der Waals surface area contributed by atoms with Crippen molar-refractivity contribution in [3.63, 3.8) is 0 Å². The maximum Gasteiger partial charge on any atom is 0.418 e. The average Bonchev–Trinajstić information content (AvgIpc) is 3.10. The van der Waals surface area contributed by atoms with E-state index in [4.69, 9.17) is 10.00 Å². The predicted octanol–water partition coefficient (Wildman–Crippen LogP) is 4.62. The summed E-state index contributed by atoms with van der Waals surface area (Å²) in [5, 5.41) is 8.87. The molecule has 0 saturated carbocycles. The van der Waals surface area contributed by atoms with Gasteiger partial charge in [-0.25, -0.2) is 0 Å². The number of alkyl halides is 3. The summed E-state index contributed by atoms with van der Waals surface area (Å²) >= 11 is 0. The normalized spacial score (nSPS) is 17.3. The van der Waals surface area contributed by atoms with Crippen LogP contribution in [-0.4, -0.2) is 19.7 Å². The fourth-order valence-electron chi connectivity index (χ4n) is 3.21. The van der Waals surface area contributed by atoms with Crippen molar-refractivity contribution in [3.8, 4) is 6.07 Å². The molecule has 6 heteroatoms. The van der Waals surface area contributed by atoms with E-state index in [1.165, 1.54) is 12.1 Å². The van der Waals surface area contributed by atoms with Gasteiger partial charge in [-0.15, -0.1) is 0 Å². The molecule has 0 spiro atoms. The number of rotatable bonds is 5. The summed E-state index contributed by atoms with van der Waals surface area (Å²) < 4.78 is 45.8. The second-order valence-electron chi connectivity index (χ2n) is 6.44. The summed E-state index contributed by atoms with van der Waals surface area (Å²) in [5.74, 6) is 0.190. The summed E-state index contributed by atoms with van der Waals surface area (Å²) in [6.07, 6.45) is -3.70. The molecular weight excluding hydrogens is 341 g/mol. The molecule has 2 aromatic rings. The number of nitrogens with zero attached hydrogens (tertiary/aromatic N) is 2. The molecule has 2 aromatic carbocycles. The van der Waals surface area contributed by atoms with Crippen molar-refractivity contribution < 1.29 is 17.9 Å². The SMILES string of the molecule is N#Cc1ccc(N2CC[C@@H](COCc3ccccc3)C2)c(C(F)(F)F)c1. The van der Waals surface area contributed by atoms with Gasteiger partial charge in [0.15, 0.2) is 0 Å². The largest absolute Gasteiger partial charge is 0.418 e. The van der Waals surface area contributed by atoms with E-state index in [0.717, 1.165) is 18.1 Å². The van der Waals surface area contributed by atoms with Gasteiger partial charge < -0.3 is 9.64 Å². The fourth-order valence-corrected chi connectivity index (χ4v) is 3.21. The van der Waals surface area contributed by atoms with Gasteiger partial charge in [0, 0.05) is 24.7 Å². The highest BCUT2D eigenvalue weighted by atomic mass is 19.4. The van der Waals surface area contributed by atoms with E-state index in [0.29, 0.717) is 26.3 Å². The van der Waals surface area contributed by atoms with Crippen LogP contribution in [0.4, 0.5) is 18.9 Å². The van der Waals surface area contributed by atoms with Crippen molar-refractivity contribution in [2.75, 3.05) is 24.6 Å². The van der Waals surface area contributed by atoms with Crippen LogP contribution in [0.3, 0.4) is 0 Å². The minimum absolute atomic E-state index is 0.0167. The molecule has 1 aliphatic heterocycles. The van der Waals surface area contributed by atoms with Gasteiger partial charge in [0.2, 0.25) is 0 Å². The Morgan fingerprint density at radius 3 is 2.62 bits per heavy atom.